The number of phosphoric acid groups is 3. The summed E-state index contributed by atoms with van der Waals surface area (Å²) in [7, 11) is -15.7. The van der Waals surface area contributed by atoms with Crippen LogP contribution in [0.2, 0.25) is 0 Å². The van der Waals surface area contributed by atoms with Crippen molar-refractivity contribution in [2.24, 2.45) is 0 Å². The molecule has 6 heterocycles. The molecule has 4 aromatic heterocycles. The molecule has 2 saturated heterocycles. The molecule has 0 bridgehead atoms. The summed E-state index contributed by atoms with van der Waals surface area (Å²) in [5.74, 6) is -0.0406. The van der Waals surface area contributed by atoms with Crippen molar-refractivity contribution >= 4 is 57.4 Å². The van der Waals surface area contributed by atoms with Gasteiger partial charge in [-0.3, -0.25) is 27.2 Å². The fourth-order valence-electron chi connectivity index (χ4n) is 5.23. The van der Waals surface area contributed by atoms with Crippen LogP contribution in [0.4, 0.5) is 11.6 Å². The van der Waals surface area contributed by atoms with Crippen molar-refractivity contribution in [2.75, 3.05) is 24.7 Å². The van der Waals surface area contributed by atoms with Crippen molar-refractivity contribution < 1.29 is 75.9 Å². The van der Waals surface area contributed by atoms with E-state index in [-0.39, 0.29) is 34.0 Å². The number of anilines is 2. The Morgan fingerprint density at radius 2 is 1.06 bits per heavy atom. The Bertz CT molecular complexity index is 1850. The SMILES string of the molecule is Nc1ncnc2c1ncn2[C@@H]1O[C@H](COP(=O)(O)OC[C@H]2O[C@@H](n3cnc4c(N)ncnc43)[C@H](O)[C@@H]2OP(=O)(O)O)[C@H](OP(=O)(O)O)[C@H]1O. The second kappa shape index (κ2) is 13.2. The van der Waals surface area contributed by atoms with Gasteiger partial charge in [0.25, 0.3) is 0 Å². The second-order valence-corrected chi connectivity index (χ2v) is 14.3. The number of fused-ring (bicyclic) bond motifs is 2. The van der Waals surface area contributed by atoms with Gasteiger partial charge in [0.2, 0.25) is 0 Å². The predicted molar refractivity (Wildman–Crippen MR) is 155 cm³/mol. The molecule has 2 aliphatic rings. The van der Waals surface area contributed by atoms with Crippen molar-refractivity contribution in [3.05, 3.63) is 25.3 Å². The van der Waals surface area contributed by atoms with Crippen molar-refractivity contribution in [3.63, 3.8) is 0 Å². The molecule has 0 aromatic carbocycles. The zero-order valence-electron chi connectivity index (χ0n) is 24.2. The van der Waals surface area contributed by atoms with Gasteiger partial charge >= 0.3 is 23.5 Å². The minimum Gasteiger partial charge on any atom is -0.386 e. The van der Waals surface area contributed by atoms with Crippen LogP contribution < -0.4 is 11.5 Å². The van der Waals surface area contributed by atoms with Gasteiger partial charge in [0, 0.05) is 0 Å². The van der Waals surface area contributed by atoms with Crippen molar-refractivity contribution in [1.29, 1.82) is 0 Å². The first-order chi connectivity index (χ1) is 22.9. The molecule has 49 heavy (non-hydrogen) atoms. The molecule has 2 aliphatic heterocycles. The van der Waals surface area contributed by atoms with Crippen molar-refractivity contribution in [2.45, 2.75) is 49.1 Å². The van der Waals surface area contributed by atoms with Crippen LogP contribution >= 0.6 is 23.5 Å². The molecule has 0 aliphatic carbocycles. The number of ether oxygens (including phenoxy) is 2. The van der Waals surface area contributed by atoms with Crippen LogP contribution in [-0.4, -0.2) is 124 Å². The van der Waals surface area contributed by atoms with Crippen LogP contribution in [0, 0.1) is 0 Å². The summed E-state index contributed by atoms with van der Waals surface area (Å²) in [6.07, 6.45) is -9.08. The van der Waals surface area contributed by atoms with Crippen molar-refractivity contribution in [3.8, 4) is 0 Å². The van der Waals surface area contributed by atoms with E-state index >= 15 is 0 Å². The summed E-state index contributed by atoms with van der Waals surface area (Å²) in [4.78, 5) is 71.8. The molecule has 2 fully saturated rings. The third-order valence-electron chi connectivity index (χ3n) is 7.26. The van der Waals surface area contributed by atoms with E-state index in [2.05, 4.69) is 29.9 Å². The number of hydrogen-bond donors (Lipinski definition) is 9. The molecular formula is C20H27N10O16P3. The molecule has 9 atom stereocenters. The van der Waals surface area contributed by atoms with E-state index in [0.717, 1.165) is 34.4 Å². The highest BCUT2D eigenvalue weighted by Crippen LogP contribution is 2.49. The molecule has 0 amide bonds. The summed E-state index contributed by atoms with van der Waals surface area (Å²) in [5.41, 5.74) is 11.9. The lowest BCUT2D eigenvalue weighted by atomic mass is 10.1. The predicted octanol–water partition coefficient (Wildman–Crippen LogP) is -2.56. The highest BCUT2D eigenvalue weighted by atomic mass is 31.2. The summed E-state index contributed by atoms with van der Waals surface area (Å²) in [6.45, 7) is -1.95. The quantitative estimate of drug-likeness (QED) is 0.0671. The zero-order valence-corrected chi connectivity index (χ0v) is 26.9. The van der Waals surface area contributed by atoms with Gasteiger partial charge in [0.1, 0.15) is 60.3 Å². The minimum atomic E-state index is -5.28. The van der Waals surface area contributed by atoms with Crippen LogP contribution in [-0.2, 0) is 41.3 Å². The summed E-state index contributed by atoms with van der Waals surface area (Å²) >= 11 is 0. The number of imidazole rings is 2. The Balaban J connectivity index is 1.17. The maximum absolute atomic E-state index is 12.9. The number of hydrogen-bond acceptors (Lipinski definition) is 19. The van der Waals surface area contributed by atoms with Crippen LogP contribution in [0.15, 0.2) is 25.3 Å². The van der Waals surface area contributed by atoms with E-state index < -0.39 is 85.8 Å². The lowest BCUT2D eigenvalue weighted by Gasteiger charge is -2.23. The number of nitrogens with two attached hydrogens (primary N) is 2. The topological polar surface area (TPSA) is 387 Å². The number of aromatic nitrogens is 8. The van der Waals surface area contributed by atoms with E-state index in [1.54, 1.807) is 0 Å². The van der Waals surface area contributed by atoms with E-state index in [1.165, 1.54) is 0 Å². The molecule has 268 valence electrons. The average molecular weight is 756 g/mol. The van der Waals surface area contributed by atoms with E-state index in [0.29, 0.717) is 0 Å². The smallest absolute Gasteiger partial charge is 0.386 e. The lowest BCUT2D eigenvalue weighted by Crippen LogP contribution is -2.36. The first-order valence-corrected chi connectivity index (χ1v) is 18.1. The monoisotopic (exact) mass is 756 g/mol. The highest BCUT2D eigenvalue weighted by molar-refractivity contribution is 7.47. The Morgan fingerprint density at radius 1 is 0.673 bits per heavy atom. The fraction of sp³-hybridized carbons (Fsp3) is 0.500. The molecule has 29 heteroatoms. The largest absolute Gasteiger partial charge is 0.472 e. The number of rotatable bonds is 12. The summed E-state index contributed by atoms with van der Waals surface area (Å²) < 4.78 is 69.3. The minimum absolute atomic E-state index is 0.0203. The van der Waals surface area contributed by atoms with Crippen molar-refractivity contribution in [1.82, 2.24) is 39.0 Å². The van der Waals surface area contributed by atoms with E-state index in [1.807, 2.05) is 0 Å². The lowest BCUT2D eigenvalue weighted by molar-refractivity contribution is -0.0605. The summed E-state index contributed by atoms with van der Waals surface area (Å²) in [5, 5.41) is 21.8. The molecule has 0 saturated carbocycles. The van der Waals surface area contributed by atoms with Crippen LogP contribution in [0.25, 0.3) is 22.3 Å². The molecule has 1 unspecified atom stereocenters. The van der Waals surface area contributed by atoms with Gasteiger partial charge < -0.3 is 55.6 Å². The Morgan fingerprint density at radius 3 is 1.43 bits per heavy atom. The number of phosphoric ester groups is 3. The molecule has 4 aromatic rings. The maximum Gasteiger partial charge on any atom is 0.472 e. The van der Waals surface area contributed by atoms with E-state index in [9.17, 15) is 48.4 Å². The van der Waals surface area contributed by atoms with Gasteiger partial charge in [-0.05, 0) is 0 Å². The second-order valence-electron chi connectivity index (χ2n) is 10.5. The third kappa shape index (κ3) is 7.50. The molecule has 26 nitrogen and oxygen atoms in total. The molecule has 11 N–H and O–H groups in total. The molecule has 0 radical (unpaired) electrons. The number of aliphatic hydroxyl groups excluding tert-OH is 2. The number of nitrogens with zero attached hydrogens (tertiary/aromatic N) is 8. The highest BCUT2D eigenvalue weighted by Gasteiger charge is 2.51. The Hall–Kier alpha value is -3.13. The van der Waals surface area contributed by atoms with Gasteiger partial charge in [-0.15, -0.1) is 0 Å². The zero-order chi connectivity index (χ0) is 35.5. The first-order valence-electron chi connectivity index (χ1n) is 13.6. The first kappa shape index (κ1) is 35.7. The Kier molecular flexibility index (Phi) is 9.62. The maximum atomic E-state index is 12.9. The standard InChI is InChI=1S/C20H27N10O16P3/c21-15-9-17(25-3-23-15)29(5-27-9)19-11(31)13(45-47(33,34)35)7(43-19)1-41-49(39,40)42-2-8-14(46-48(36,37)38)12(32)20(44-8)30-6-28-10-16(22)24-4-26-18(10)30/h3-8,11-14,19-20,31-32H,1-2H2,(H,39,40)(H2,21,23,25)(H2,22,24,26)(H2,33,34,35)(H2,36,37,38)/t7-,8-,11-,12-,13-,14+,19-,20-/m1/s1. The Labute approximate surface area is 271 Å². The molecule has 0 spiro atoms. The molecule has 6 rings (SSSR count). The van der Waals surface area contributed by atoms with Crippen LogP contribution in [0.5, 0.6) is 0 Å². The third-order valence-corrected chi connectivity index (χ3v) is 9.25. The van der Waals surface area contributed by atoms with Gasteiger partial charge in [-0.1, -0.05) is 0 Å². The summed E-state index contributed by atoms with van der Waals surface area (Å²) in [6, 6.07) is 0. The normalized spacial score (nSPS) is 28.2. The molecular weight excluding hydrogens is 729 g/mol. The average Bonchev–Trinajstić information content (AvgIpc) is 3.76. The number of nitrogen functional groups attached to an aromatic ring is 2. The number of aliphatic hydroxyl groups is 2. The van der Waals surface area contributed by atoms with Gasteiger partial charge in [-0.25, -0.2) is 43.6 Å². The van der Waals surface area contributed by atoms with Gasteiger partial charge in [0.05, 0.1) is 25.9 Å². The van der Waals surface area contributed by atoms with Gasteiger partial charge in [0.15, 0.2) is 35.4 Å². The van der Waals surface area contributed by atoms with E-state index in [4.69, 9.17) is 39.0 Å². The fourth-order valence-corrected chi connectivity index (χ4v) is 7.13. The van der Waals surface area contributed by atoms with Crippen LogP contribution in [0.3, 0.4) is 0 Å². The van der Waals surface area contributed by atoms with Gasteiger partial charge in [-0.2, -0.15) is 0 Å². The van der Waals surface area contributed by atoms with Crippen LogP contribution in [0.1, 0.15) is 12.5 Å².